The molecule has 0 saturated heterocycles. The molecule has 6 heteroatoms. The molecule has 0 unspecified atom stereocenters. The van der Waals surface area contributed by atoms with Gasteiger partial charge in [-0.3, -0.25) is 14.8 Å². The summed E-state index contributed by atoms with van der Waals surface area (Å²) in [6.45, 7) is 0. The second-order valence-corrected chi connectivity index (χ2v) is 6.32. The van der Waals surface area contributed by atoms with Crippen molar-refractivity contribution in [2.75, 3.05) is 10.6 Å². The molecule has 0 atom stereocenters. The Morgan fingerprint density at radius 1 is 0.862 bits per heavy atom. The van der Waals surface area contributed by atoms with E-state index in [1.165, 1.54) is 18.2 Å². The molecule has 0 aliphatic heterocycles. The van der Waals surface area contributed by atoms with Crippen LogP contribution in [-0.4, -0.2) is 15.9 Å². The zero-order chi connectivity index (χ0) is 20.1. The number of halogens is 1. The molecule has 2 aromatic carbocycles. The second kappa shape index (κ2) is 8.31. The van der Waals surface area contributed by atoms with Gasteiger partial charge >= 0.3 is 0 Å². The zero-order valence-electron chi connectivity index (χ0n) is 15.3. The number of carbonyl (C=O) groups excluding carboxylic acids is 1. The van der Waals surface area contributed by atoms with Crippen molar-refractivity contribution in [1.82, 2.24) is 9.97 Å². The van der Waals surface area contributed by atoms with Crippen molar-refractivity contribution in [3.63, 3.8) is 0 Å². The zero-order valence-corrected chi connectivity index (χ0v) is 15.3. The van der Waals surface area contributed by atoms with E-state index in [9.17, 15) is 9.18 Å². The molecule has 5 nitrogen and oxygen atoms in total. The van der Waals surface area contributed by atoms with Crippen LogP contribution in [0, 0.1) is 5.82 Å². The molecule has 0 spiro atoms. The number of hydrogen-bond acceptors (Lipinski definition) is 4. The van der Waals surface area contributed by atoms with Gasteiger partial charge < -0.3 is 10.6 Å². The van der Waals surface area contributed by atoms with Gasteiger partial charge in [-0.25, -0.2) is 4.39 Å². The molecule has 0 radical (unpaired) electrons. The van der Waals surface area contributed by atoms with Gasteiger partial charge in [0.2, 0.25) is 5.91 Å². The summed E-state index contributed by atoms with van der Waals surface area (Å²) in [5.41, 5.74) is 3.09. The Morgan fingerprint density at radius 3 is 2.45 bits per heavy atom. The fourth-order valence-corrected chi connectivity index (χ4v) is 2.92. The summed E-state index contributed by atoms with van der Waals surface area (Å²) < 4.78 is 13.1. The molecule has 4 rings (SSSR count). The Labute approximate surface area is 166 Å². The van der Waals surface area contributed by atoms with Crippen molar-refractivity contribution in [2.24, 2.45) is 0 Å². The highest BCUT2D eigenvalue weighted by Crippen LogP contribution is 2.31. The fourth-order valence-electron chi connectivity index (χ4n) is 2.92. The number of nitrogens with one attached hydrogen (secondary N) is 2. The molecule has 1 amide bonds. The average Bonchev–Trinajstić information content (AvgIpc) is 2.76. The number of anilines is 3. The topological polar surface area (TPSA) is 66.9 Å². The second-order valence-electron chi connectivity index (χ2n) is 6.32. The van der Waals surface area contributed by atoms with Crippen LogP contribution in [0.15, 0.2) is 85.5 Å². The first-order valence-electron chi connectivity index (χ1n) is 8.97. The van der Waals surface area contributed by atoms with Crippen LogP contribution in [0.4, 0.5) is 21.5 Å². The first-order chi connectivity index (χ1) is 14.2. The van der Waals surface area contributed by atoms with E-state index < -0.39 is 0 Å². The fraction of sp³-hybridized carbons (Fsp3) is 0. The van der Waals surface area contributed by atoms with E-state index in [1.54, 1.807) is 43.0 Å². The van der Waals surface area contributed by atoms with E-state index in [1.807, 2.05) is 30.3 Å². The normalized spacial score (nSPS) is 10.9. The van der Waals surface area contributed by atoms with Crippen molar-refractivity contribution in [2.45, 2.75) is 0 Å². The predicted octanol–water partition coefficient (Wildman–Crippen LogP) is 5.16. The Bertz CT molecular complexity index is 1170. The number of carbonyl (C=O) groups is 1. The molecule has 0 bridgehead atoms. The van der Waals surface area contributed by atoms with E-state index in [4.69, 9.17) is 0 Å². The summed E-state index contributed by atoms with van der Waals surface area (Å²) in [5, 5.41) is 7.85. The van der Waals surface area contributed by atoms with E-state index in [2.05, 4.69) is 20.6 Å². The van der Waals surface area contributed by atoms with Gasteiger partial charge in [-0.15, -0.1) is 0 Å². The number of aromatic nitrogens is 2. The maximum Gasteiger partial charge on any atom is 0.248 e. The van der Waals surface area contributed by atoms with Gasteiger partial charge in [-0.05, 0) is 60.2 Å². The maximum absolute atomic E-state index is 13.1. The quantitative estimate of drug-likeness (QED) is 0.466. The summed E-state index contributed by atoms with van der Waals surface area (Å²) in [4.78, 5) is 20.5. The molecular weight excluding hydrogens is 367 g/mol. The largest absolute Gasteiger partial charge is 0.355 e. The Morgan fingerprint density at radius 2 is 1.66 bits per heavy atom. The molecule has 0 aliphatic rings. The van der Waals surface area contributed by atoms with Gasteiger partial charge in [0.05, 0.1) is 5.69 Å². The molecule has 4 aromatic rings. The Hall–Kier alpha value is -4.06. The van der Waals surface area contributed by atoms with E-state index in [0.29, 0.717) is 5.69 Å². The van der Waals surface area contributed by atoms with Crippen molar-refractivity contribution >= 4 is 39.8 Å². The van der Waals surface area contributed by atoms with Gasteiger partial charge in [-0.1, -0.05) is 6.07 Å². The van der Waals surface area contributed by atoms with Crippen LogP contribution in [-0.2, 0) is 4.79 Å². The summed E-state index contributed by atoms with van der Waals surface area (Å²) >= 11 is 0. The van der Waals surface area contributed by atoms with Crippen LogP contribution in [0.3, 0.4) is 0 Å². The average molecular weight is 384 g/mol. The number of benzene rings is 2. The lowest BCUT2D eigenvalue weighted by molar-refractivity contribution is -0.111. The number of hydrogen-bond donors (Lipinski definition) is 2. The third-order valence-electron chi connectivity index (χ3n) is 4.31. The van der Waals surface area contributed by atoms with Gasteiger partial charge in [0.1, 0.15) is 5.82 Å². The number of amides is 1. The molecule has 29 heavy (non-hydrogen) atoms. The summed E-state index contributed by atoms with van der Waals surface area (Å²) in [7, 11) is 0. The lowest BCUT2D eigenvalue weighted by Gasteiger charge is -2.13. The standard InChI is InChI=1S/C23H17FN4O/c24-17-4-6-18(7-5-17)27-21-8-9-22(20-15-26-13-11-19(20)21)28-23(29)10-3-16-2-1-12-25-14-16/h1-15,27H,(H,28,29)/b10-3+. The maximum atomic E-state index is 13.1. The molecule has 2 aromatic heterocycles. The van der Waals surface area contributed by atoms with Crippen molar-refractivity contribution < 1.29 is 9.18 Å². The molecule has 142 valence electrons. The highest BCUT2D eigenvalue weighted by Gasteiger charge is 2.08. The van der Waals surface area contributed by atoms with E-state index in [0.717, 1.165) is 27.7 Å². The minimum absolute atomic E-state index is 0.252. The number of rotatable bonds is 5. The lowest BCUT2D eigenvalue weighted by atomic mass is 10.1. The van der Waals surface area contributed by atoms with E-state index in [-0.39, 0.29) is 11.7 Å². The van der Waals surface area contributed by atoms with Gasteiger partial charge in [0.25, 0.3) is 0 Å². The SMILES string of the molecule is O=C(/C=C/c1cccnc1)Nc1ccc(Nc2ccc(F)cc2)c2ccncc12. The van der Waals surface area contributed by atoms with Crippen LogP contribution < -0.4 is 10.6 Å². The monoisotopic (exact) mass is 384 g/mol. The van der Waals surface area contributed by atoms with Crippen LogP contribution in [0.25, 0.3) is 16.8 Å². The summed E-state index contributed by atoms with van der Waals surface area (Å²) in [6, 6.07) is 15.4. The molecule has 2 N–H and O–H groups in total. The third-order valence-corrected chi connectivity index (χ3v) is 4.31. The van der Waals surface area contributed by atoms with Gasteiger partial charge in [0.15, 0.2) is 0 Å². The molecular formula is C23H17FN4O. The van der Waals surface area contributed by atoms with Crippen molar-refractivity contribution in [3.8, 4) is 0 Å². The van der Waals surface area contributed by atoms with Crippen LogP contribution in [0.5, 0.6) is 0 Å². The third kappa shape index (κ3) is 4.44. The first-order valence-corrected chi connectivity index (χ1v) is 8.97. The van der Waals surface area contributed by atoms with Crippen LogP contribution >= 0.6 is 0 Å². The minimum Gasteiger partial charge on any atom is -0.355 e. The minimum atomic E-state index is -0.290. The van der Waals surface area contributed by atoms with Gasteiger partial charge in [-0.2, -0.15) is 0 Å². The van der Waals surface area contributed by atoms with E-state index >= 15 is 0 Å². The number of fused-ring (bicyclic) bond motifs is 1. The van der Waals surface area contributed by atoms with Crippen molar-refractivity contribution in [3.05, 3.63) is 96.8 Å². The summed E-state index contributed by atoms with van der Waals surface area (Å²) in [6.07, 6.45) is 9.91. The molecule has 0 aliphatic carbocycles. The first kappa shape index (κ1) is 18.3. The van der Waals surface area contributed by atoms with Gasteiger partial charge in [0, 0.05) is 53.0 Å². The highest BCUT2D eigenvalue weighted by molar-refractivity contribution is 6.10. The number of pyridine rings is 2. The summed E-state index contributed by atoms with van der Waals surface area (Å²) in [5.74, 6) is -0.541. The van der Waals surface area contributed by atoms with Crippen LogP contribution in [0.1, 0.15) is 5.56 Å². The smallest absolute Gasteiger partial charge is 0.248 e. The number of nitrogens with zero attached hydrogens (tertiary/aromatic N) is 2. The van der Waals surface area contributed by atoms with Crippen molar-refractivity contribution in [1.29, 1.82) is 0 Å². The molecule has 0 saturated carbocycles. The predicted molar refractivity (Wildman–Crippen MR) is 113 cm³/mol. The molecule has 2 heterocycles. The Balaban J connectivity index is 1.58. The molecule has 0 fully saturated rings. The lowest BCUT2D eigenvalue weighted by Crippen LogP contribution is -2.08. The highest BCUT2D eigenvalue weighted by atomic mass is 19.1. The Kier molecular flexibility index (Phi) is 5.25. The van der Waals surface area contributed by atoms with Crippen LogP contribution in [0.2, 0.25) is 0 Å².